The van der Waals surface area contributed by atoms with Crippen LogP contribution in [0.2, 0.25) is 0 Å². The summed E-state index contributed by atoms with van der Waals surface area (Å²) in [4.78, 5) is 12.6. The van der Waals surface area contributed by atoms with Crippen LogP contribution in [-0.2, 0) is 5.54 Å². The maximum absolute atomic E-state index is 5.37. The molecule has 1 saturated heterocycles. The highest BCUT2D eigenvalue weighted by atomic mass is 16.5. The second kappa shape index (κ2) is 4.45. The maximum atomic E-state index is 5.37. The minimum atomic E-state index is -0.217. The molecule has 0 saturated carbocycles. The lowest BCUT2D eigenvalue weighted by Gasteiger charge is -2.31. The molecule has 3 heterocycles. The summed E-state index contributed by atoms with van der Waals surface area (Å²) in [5.74, 6) is 1.12. The lowest BCUT2D eigenvalue weighted by molar-refractivity contribution is 0.207. The van der Waals surface area contributed by atoms with E-state index in [1.807, 2.05) is 0 Å². The van der Waals surface area contributed by atoms with Crippen molar-refractivity contribution in [3.8, 4) is 11.5 Å². The van der Waals surface area contributed by atoms with Crippen molar-refractivity contribution < 1.29 is 4.52 Å². The molecule has 1 aliphatic rings. The highest BCUT2D eigenvalue weighted by Crippen LogP contribution is 2.29. The van der Waals surface area contributed by atoms with Crippen molar-refractivity contribution in [3.05, 3.63) is 24.5 Å². The predicted molar refractivity (Wildman–Crippen MR) is 64.5 cm³/mol. The quantitative estimate of drug-likeness (QED) is 0.864. The first-order chi connectivity index (χ1) is 8.78. The van der Waals surface area contributed by atoms with E-state index in [9.17, 15) is 0 Å². The molecule has 0 aromatic carbocycles. The average molecular weight is 245 g/mol. The zero-order chi connectivity index (χ0) is 12.4. The van der Waals surface area contributed by atoms with Crippen LogP contribution in [0.4, 0.5) is 0 Å². The largest absolute Gasteiger partial charge is 0.337 e. The van der Waals surface area contributed by atoms with E-state index < -0.39 is 0 Å². The topological polar surface area (TPSA) is 76.7 Å². The van der Waals surface area contributed by atoms with Gasteiger partial charge in [-0.2, -0.15) is 4.98 Å². The summed E-state index contributed by atoms with van der Waals surface area (Å²) in [6.45, 7) is 3.08. The van der Waals surface area contributed by atoms with Crippen LogP contribution in [0, 0.1) is 0 Å². The van der Waals surface area contributed by atoms with Gasteiger partial charge in [0.05, 0.1) is 11.7 Å². The average Bonchev–Trinajstić information content (AvgIpc) is 2.91. The highest BCUT2D eigenvalue weighted by Gasteiger charge is 2.34. The summed E-state index contributed by atoms with van der Waals surface area (Å²) >= 11 is 0. The van der Waals surface area contributed by atoms with E-state index in [4.69, 9.17) is 4.52 Å². The van der Waals surface area contributed by atoms with Gasteiger partial charge in [-0.25, -0.2) is 4.98 Å². The Balaban J connectivity index is 1.89. The fourth-order valence-electron chi connectivity index (χ4n) is 2.20. The van der Waals surface area contributed by atoms with E-state index in [1.54, 1.807) is 18.6 Å². The lowest BCUT2D eigenvalue weighted by atomic mass is 9.91. The molecule has 0 radical (unpaired) electrons. The molecular formula is C12H15N5O. The Morgan fingerprint density at radius 1 is 1.33 bits per heavy atom. The van der Waals surface area contributed by atoms with Crippen LogP contribution >= 0.6 is 0 Å². The van der Waals surface area contributed by atoms with Gasteiger partial charge in [-0.3, -0.25) is 4.98 Å². The SMILES string of the molecule is CC1(c2nc(-c3cnccn3)no2)CCCCN1. The van der Waals surface area contributed by atoms with E-state index in [0.29, 0.717) is 17.4 Å². The fraction of sp³-hybridized carbons (Fsp3) is 0.500. The number of nitrogens with one attached hydrogen (secondary N) is 1. The Labute approximate surface area is 105 Å². The molecule has 6 nitrogen and oxygen atoms in total. The number of piperidine rings is 1. The molecule has 0 amide bonds. The van der Waals surface area contributed by atoms with Gasteiger partial charge in [0, 0.05) is 12.4 Å². The van der Waals surface area contributed by atoms with Gasteiger partial charge in [-0.15, -0.1) is 0 Å². The number of hydrogen-bond acceptors (Lipinski definition) is 6. The van der Waals surface area contributed by atoms with Crippen molar-refractivity contribution in [1.29, 1.82) is 0 Å². The molecule has 3 rings (SSSR count). The molecule has 94 valence electrons. The van der Waals surface area contributed by atoms with E-state index in [-0.39, 0.29) is 5.54 Å². The van der Waals surface area contributed by atoms with Crippen molar-refractivity contribution >= 4 is 0 Å². The summed E-state index contributed by atoms with van der Waals surface area (Å²) in [6, 6.07) is 0. The van der Waals surface area contributed by atoms with Crippen LogP contribution in [0.1, 0.15) is 32.1 Å². The third-order valence-electron chi connectivity index (χ3n) is 3.31. The summed E-state index contributed by atoms with van der Waals surface area (Å²) in [5, 5.41) is 7.42. The molecule has 0 aliphatic carbocycles. The van der Waals surface area contributed by atoms with Crippen LogP contribution in [0.15, 0.2) is 23.1 Å². The Bertz CT molecular complexity index is 518. The van der Waals surface area contributed by atoms with Crippen LogP contribution in [0.25, 0.3) is 11.5 Å². The molecule has 1 fully saturated rings. The minimum Gasteiger partial charge on any atom is -0.337 e. The predicted octanol–water partition coefficient (Wildman–Crippen LogP) is 1.52. The third-order valence-corrected chi connectivity index (χ3v) is 3.31. The first kappa shape index (κ1) is 11.3. The number of hydrogen-bond donors (Lipinski definition) is 1. The van der Waals surface area contributed by atoms with Gasteiger partial charge >= 0.3 is 0 Å². The van der Waals surface area contributed by atoms with E-state index in [0.717, 1.165) is 13.0 Å². The standard InChI is InChI=1S/C12H15N5O/c1-12(4-2-3-5-15-12)11-16-10(17-18-11)9-8-13-6-7-14-9/h6-8,15H,2-5H2,1H3. The monoisotopic (exact) mass is 245 g/mol. The van der Waals surface area contributed by atoms with E-state index in [2.05, 4.69) is 32.3 Å². The summed E-state index contributed by atoms with van der Waals surface area (Å²) in [6.07, 6.45) is 8.24. The van der Waals surface area contributed by atoms with E-state index >= 15 is 0 Å². The Morgan fingerprint density at radius 3 is 3.00 bits per heavy atom. The molecule has 1 atom stereocenters. The van der Waals surface area contributed by atoms with Gasteiger partial charge in [0.1, 0.15) is 5.69 Å². The molecule has 1 aliphatic heterocycles. The summed E-state index contributed by atoms with van der Waals surface area (Å²) < 4.78 is 5.37. The van der Waals surface area contributed by atoms with Crippen LogP contribution < -0.4 is 5.32 Å². The Morgan fingerprint density at radius 2 is 2.28 bits per heavy atom. The van der Waals surface area contributed by atoms with Crippen LogP contribution in [-0.4, -0.2) is 26.7 Å². The van der Waals surface area contributed by atoms with Crippen LogP contribution in [0.3, 0.4) is 0 Å². The molecule has 6 heteroatoms. The molecule has 2 aromatic rings. The normalized spacial score (nSPS) is 24.1. The van der Waals surface area contributed by atoms with Crippen molar-refractivity contribution in [3.63, 3.8) is 0 Å². The summed E-state index contributed by atoms with van der Waals surface area (Å²) in [7, 11) is 0. The molecule has 1 N–H and O–H groups in total. The van der Waals surface area contributed by atoms with Gasteiger partial charge in [-0.1, -0.05) is 5.16 Å². The number of nitrogens with zero attached hydrogens (tertiary/aromatic N) is 4. The molecular weight excluding hydrogens is 230 g/mol. The Hall–Kier alpha value is -1.82. The number of aromatic nitrogens is 4. The van der Waals surface area contributed by atoms with Gasteiger partial charge in [0.2, 0.25) is 11.7 Å². The fourth-order valence-corrected chi connectivity index (χ4v) is 2.20. The van der Waals surface area contributed by atoms with Crippen molar-refractivity contribution in [2.75, 3.05) is 6.54 Å². The lowest BCUT2D eigenvalue weighted by Crippen LogP contribution is -2.43. The molecule has 2 aromatic heterocycles. The molecule has 0 spiro atoms. The second-order valence-electron chi connectivity index (χ2n) is 4.73. The van der Waals surface area contributed by atoms with E-state index in [1.165, 1.54) is 12.8 Å². The van der Waals surface area contributed by atoms with Crippen molar-refractivity contribution in [1.82, 2.24) is 25.4 Å². The van der Waals surface area contributed by atoms with Gasteiger partial charge in [-0.05, 0) is 32.7 Å². The van der Waals surface area contributed by atoms with Gasteiger partial charge < -0.3 is 9.84 Å². The second-order valence-corrected chi connectivity index (χ2v) is 4.73. The zero-order valence-corrected chi connectivity index (χ0v) is 10.3. The minimum absolute atomic E-state index is 0.217. The van der Waals surface area contributed by atoms with Crippen molar-refractivity contribution in [2.45, 2.75) is 31.7 Å². The zero-order valence-electron chi connectivity index (χ0n) is 10.3. The highest BCUT2D eigenvalue weighted by molar-refractivity contribution is 5.45. The molecule has 0 bridgehead atoms. The number of rotatable bonds is 2. The summed E-state index contributed by atoms with van der Waals surface area (Å²) in [5.41, 5.74) is 0.415. The Kier molecular flexibility index (Phi) is 2.79. The third kappa shape index (κ3) is 1.99. The first-order valence-corrected chi connectivity index (χ1v) is 6.13. The van der Waals surface area contributed by atoms with Gasteiger partial charge in [0.15, 0.2) is 0 Å². The molecule has 1 unspecified atom stereocenters. The maximum Gasteiger partial charge on any atom is 0.247 e. The van der Waals surface area contributed by atoms with Crippen LogP contribution in [0.5, 0.6) is 0 Å². The van der Waals surface area contributed by atoms with Crippen molar-refractivity contribution in [2.24, 2.45) is 0 Å². The smallest absolute Gasteiger partial charge is 0.247 e. The first-order valence-electron chi connectivity index (χ1n) is 6.13. The van der Waals surface area contributed by atoms with Gasteiger partial charge in [0.25, 0.3) is 0 Å². The molecule has 18 heavy (non-hydrogen) atoms.